The number of aliphatic imine (C=N–C) groups is 1. The minimum atomic E-state index is -4.38. The Labute approximate surface area is 166 Å². The number of benzene rings is 3. The highest BCUT2D eigenvalue weighted by Crippen LogP contribution is 2.34. The van der Waals surface area contributed by atoms with Gasteiger partial charge in [0.1, 0.15) is 6.54 Å². The van der Waals surface area contributed by atoms with Gasteiger partial charge < -0.3 is 4.90 Å². The van der Waals surface area contributed by atoms with E-state index >= 15 is 0 Å². The van der Waals surface area contributed by atoms with Gasteiger partial charge in [-0.15, -0.1) is 0 Å². The van der Waals surface area contributed by atoms with E-state index in [0.717, 1.165) is 34.5 Å². The van der Waals surface area contributed by atoms with Crippen LogP contribution in [0.4, 0.5) is 18.9 Å². The van der Waals surface area contributed by atoms with Crippen molar-refractivity contribution in [2.45, 2.75) is 6.18 Å². The number of fused-ring (bicyclic) bond motifs is 1. The van der Waals surface area contributed by atoms with Gasteiger partial charge in [0.25, 0.3) is 0 Å². The fraction of sp³-hybridized carbons (Fsp3) is 0.130. The Bertz CT molecular complexity index is 1100. The summed E-state index contributed by atoms with van der Waals surface area (Å²) in [5, 5.41) is 0. The Hall–Kier alpha value is -3.41. The summed E-state index contributed by atoms with van der Waals surface area (Å²) in [5.74, 6) is -0.125. The molecule has 0 saturated carbocycles. The Morgan fingerprint density at radius 2 is 1.41 bits per heavy atom. The van der Waals surface area contributed by atoms with Gasteiger partial charge in [-0.3, -0.25) is 9.79 Å². The second kappa shape index (κ2) is 7.20. The first-order valence-electron chi connectivity index (χ1n) is 9.03. The normalized spacial score (nSPS) is 14.3. The van der Waals surface area contributed by atoms with Crippen LogP contribution in [0.3, 0.4) is 0 Å². The van der Waals surface area contributed by atoms with Crippen LogP contribution >= 0.6 is 0 Å². The van der Waals surface area contributed by atoms with Crippen molar-refractivity contribution in [3.63, 3.8) is 0 Å². The minimum Gasteiger partial charge on any atom is -0.313 e. The molecule has 1 aliphatic heterocycles. The number of amides is 1. The number of rotatable bonds is 2. The molecule has 3 aromatic carbocycles. The van der Waals surface area contributed by atoms with Gasteiger partial charge in [-0.25, -0.2) is 0 Å². The summed E-state index contributed by atoms with van der Waals surface area (Å²) in [6, 6.07) is 20.0. The van der Waals surface area contributed by atoms with Gasteiger partial charge in [-0.1, -0.05) is 54.6 Å². The monoisotopic (exact) mass is 394 g/mol. The van der Waals surface area contributed by atoms with Gasteiger partial charge >= 0.3 is 6.18 Å². The lowest BCUT2D eigenvalue weighted by molar-refractivity contribution is -0.137. The maximum Gasteiger partial charge on any atom is 0.416 e. The van der Waals surface area contributed by atoms with Crippen LogP contribution in [-0.2, 0) is 11.0 Å². The van der Waals surface area contributed by atoms with Gasteiger partial charge in [-0.05, 0) is 29.3 Å². The van der Waals surface area contributed by atoms with Crippen LogP contribution in [0.15, 0.2) is 77.8 Å². The minimum absolute atomic E-state index is 0.00184. The summed E-state index contributed by atoms with van der Waals surface area (Å²) in [5.41, 5.74) is 3.68. The maximum absolute atomic E-state index is 12.9. The van der Waals surface area contributed by atoms with Crippen LogP contribution < -0.4 is 4.90 Å². The fourth-order valence-corrected chi connectivity index (χ4v) is 3.45. The molecule has 146 valence electrons. The third-order valence-electron chi connectivity index (χ3n) is 4.97. The van der Waals surface area contributed by atoms with Crippen molar-refractivity contribution >= 4 is 17.3 Å². The second-order valence-electron chi connectivity index (χ2n) is 6.76. The zero-order valence-corrected chi connectivity index (χ0v) is 15.6. The number of para-hydroxylation sites is 1. The zero-order chi connectivity index (χ0) is 20.6. The highest BCUT2D eigenvalue weighted by atomic mass is 19.4. The van der Waals surface area contributed by atoms with Crippen LogP contribution in [0, 0.1) is 0 Å². The number of hydrogen-bond acceptors (Lipinski definition) is 2. The van der Waals surface area contributed by atoms with Crippen molar-refractivity contribution < 1.29 is 18.0 Å². The van der Waals surface area contributed by atoms with Crippen LogP contribution in [0.1, 0.15) is 16.7 Å². The van der Waals surface area contributed by atoms with E-state index in [1.54, 1.807) is 11.9 Å². The number of benzodiazepines with no additional fused rings is 1. The Balaban J connectivity index is 1.86. The smallest absolute Gasteiger partial charge is 0.313 e. The zero-order valence-electron chi connectivity index (χ0n) is 15.6. The molecule has 29 heavy (non-hydrogen) atoms. The molecule has 0 N–H and O–H groups in total. The first-order chi connectivity index (χ1) is 13.9. The van der Waals surface area contributed by atoms with Crippen molar-refractivity contribution in [1.29, 1.82) is 0 Å². The standard InChI is InChI=1S/C23H17F3N2O/c1-28-20-9-5-4-8-19(20)22(27-14-21(28)29)18-7-3-2-6-17(18)15-10-12-16(13-11-15)23(24,25)26/h2-13H,14H2,1H3. The van der Waals surface area contributed by atoms with Gasteiger partial charge in [-0.2, -0.15) is 13.2 Å². The van der Waals surface area contributed by atoms with Crippen molar-refractivity contribution in [2.24, 2.45) is 4.99 Å². The number of anilines is 1. The number of carbonyl (C=O) groups excluding carboxylic acids is 1. The second-order valence-corrected chi connectivity index (χ2v) is 6.76. The SMILES string of the molecule is CN1C(=O)CN=C(c2ccccc2-c2ccc(C(F)(F)F)cc2)c2ccccc21. The van der Waals surface area contributed by atoms with Gasteiger partial charge in [0.05, 0.1) is 17.0 Å². The number of alkyl halides is 3. The quantitative estimate of drug-likeness (QED) is 0.589. The molecule has 1 heterocycles. The Morgan fingerprint density at radius 3 is 2.07 bits per heavy atom. The molecule has 0 radical (unpaired) electrons. The van der Waals surface area contributed by atoms with Gasteiger partial charge in [0.15, 0.2) is 0 Å². The van der Waals surface area contributed by atoms with Crippen LogP contribution in [0.25, 0.3) is 11.1 Å². The molecule has 3 aromatic rings. The lowest BCUT2D eigenvalue weighted by Gasteiger charge is -2.18. The lowest BCUT2D eigenvalue weighted by atomic mass is 9.92. The van der Waals surface area contributed by atoms with Gasteiger partial charge in [0.2, 0.25) is 5.91 Å². The molecule has 3 nitrogen and oxygen atoms in total. The molecule has 0 aromatic heterocycles. The largest absolute Gasteiger partial charge is 0.416 e. The Kier molecular flexibility index (Phi) is 4.70. The summed E-state index contributed by atoms with van der Waals surface area (Å²) in [6.45, 7) is 0.00184. The van der Waals surface area contributed by atoms with E-state index in [1.807, 2.05) is 48.5 Å². The van der Waals surface area contributed by atoms with Crippen LogP contribution in [0.2, 0.25) is 0 Å². The summed E-state index contributed by atoms with van der Waals surface area (Å²) in [7, 11) is 1.71. The van der Waals surface area contributed by atoms with Crippen molar-refractivity contribution in [1.82, 2.24) is 0 Å². The molecule has 1 aliphatic rings. The molecule has 6 heteroatoms. The lowest BCUT2D eigenvalue weighted by Crippen LogP contribution is -2.27. The molecule has 4 rings (SSSR count). The number of likely N-dealkylation sites (N-methyl/N-ethyl adjacent to an activating group) is 1. The fourth-order valence-electron chi connectivity index (χ4n) is 3.45. The molecule has 0 saturated heterocycles. The third-order valence-corrected chi connectivity index (χ3v) is 4.97. The molecular formula is C23H17F3N2O. The highest BCUT2D eigenvalue weighted by Gasteiger charge is 2.30. The Morgan fingerprint density at radius 1 is 0.828 bits per heavy atom. The van der Waals surface area contributed by atoms with E-state index in [4.69, 9.17) is 0 Å². The molecule has 0 spiro atoms. The van der Waals surface area contributed by atoms with E-state index in [2.05, 4.69) is 4.99 Å². The van der Waals surface area contributed by atoms with E-state index < -0.39 is 11.7 Å². The third kappa shape index (κ3) is 3.53. The summed E-state index contributed by atoms with van der Waals surface area (Å²) >= 11 is 0. The first-order valence-corrected chi connectivity index (χ1v) is 9.03. The molecule has 0 bridgehead atoms. The van der Waals surface area contributed by atoms with E-state index in [9.17, 15) is 18.0 Å². The van der Waals surface area contributed by atoms with Crippen LogP contribution in [0.5, 0.6) is 0 Å². The van der Waals surface area contributed by atoms with E-state index in [1.165, 1.54) is 12.1 Å². The van der Waals surface area contributed by atoms with Crippen LogP contribution in [-0.4, -0.2) is 25.2 Å². The average molecular weight is 394 g/mol. The van der Waals surface area contributed by atoms with E-state index in [-0.39, 0.29) is 12.5 Å². The maximum atomic E-state index is 12.9. The van der Waals surface area contributed by atoms with Crippen molar-refractivity contribution in [3.05, 3.63) is 89.5 Å². The number of halogens is 3. The topological polar surface area (TPSA) is 32.7 Å². The first kappa shape index (κ1) is 18.9. The van der Waals surface area contributed by atoms with E-state index in [0.29, 0.717) is 11.3 Å². The summed E-state index contributed by atoms with van der Waals surface area (Å²) in [6.07, 6.45) is -4.38. The van der Waals surface area contributed by atoms with Gasteiger partial charge in [0, 0.05) is 18.2 Å². The van der Waals surface area contributed by atoms with Crippen molar-refractivity contribution in [3.8, 4) is 11.1 Å². The predicted molar refractivity (Wildman–Crippen MR) is 107 cm³/mol. The summed E-state index contributed by atoms with van der Waals surface area (Å²) < 4.78 is 38.8. The molecule has 0 unspecified atom stereocenters. The molecule has 0 atom stereocenters. The predicted octanol–water partition coefficient (Wildman–Crippen LogP) is 5.19. The molecule has 0 aliphatic carbocycles. The molecule has 1 amide bonds. The average Bonchev–Trinajstić information content (AvgIpc) is 2.85. The van der Waals surface area contributed by atoms with Crippen molar-refractivity contribution in [2.75, 3.05) is 18.5 Å². The molecular weight excluding hydrogens is 377 g/mol. The number of nitrogens with zero attached hydrogens (tertiary/aromatic N) is 2. The number of hydrogen-bond donors (Lipinski definition) is 0. The highest BCUT2D eigenvalue weighted by molar-refractivity contribution is 6.21. The molecule has 0 fully saturated rings. The number of carbonyl (C=O) groups is 1. The summed E-state index contributed by atoms with van der Waals surface area (Å²) in [4.78, 5) is 18.5.